The molecule has 3 heterocycles. The molecule has 6 heteroatoms. The van der Waals surface area contributed by atoms with E-state index in [0.29, 0.717) is 24.0 Å². The quantitative estimate of drug-likeness (QED) is 0.720. The lowest BCUT2D eigenvalue weighted by Gasteiger charge is -2.27. The van der Waals surface area contributed by atoms with Crippen LogP contribution in [0.2, 0.25) is 0 Å². The molecule has 0 saturated heterocycles. The first-order valence-electron chi connectivity index (χ1n) is 7.91. The molecule has 0 atom stereocenters. The molecule has 2 aromatic heterocycles. The SMILES string of the molecule is Cc1cccc2c(=O)n(CC(=O)N3CCc4sccc4C3)cnc12. The third-order valence-electron chi connectivity index (χ3n) is 4.52. The van der Waals surface area contributed by atoms with Gasteiger partial charge in [0.15, 0.2) is 0 Å². The minimum atomic E-state index is -0.162. The second kappa shape index (κ2) is 5.87. The summed E-state index contributed by atoms with van der Waals surface area (Å²) in [6.45, 7) is 3.30. The fourth-order valence-electron chi connectivity index (χ4n) is 3.16. The number of carbonyl (C=O) groups is 1. The fourth-order valence-corrected chi connectivity index (χ4v) is 4.05. The molecule has 0 bridgehead atoms. The average molecular weight is 339 g/mol. The summed E-state index contributed by atoms with van der Waals surface area (Å²) in [5.41, 5.74) is 2.72. The Kier molecular flexibility index (Phi) is 3.69. The van der Waals surface area contributed by atoms with E-state index in [4.69, 9.17) is 0 Å². The Morgan fingerprint density at radius 1 is 1.33 bits per heavy atom. The maximum Gasteiger partial charge on any atom is 0.261 e. The van der Waals surface area contributed by atoms with E-state index in [9.17, 15) is 9.59 Å². The lowest BCUT2D eigenvalue weighted by Crippen LogP contribution is -2.39. The molecule has 5 nitrogen and oxygen atoms in total. The van der Waals surface area contributed by atoms with Gasteiger partial charge in [-0.05, 0) is 42.0 Å². The molecule has 1 amide bonds. The van der Waals surface area contributed by atoms with Crippen LogP contribution in [0.1, 0.15) is 16.0 Å². The largest absolute Gasteiger partial charge is 0.336 e. The molecule has 122 valence electrons. The van der Waals surface area contributed by atoms with Crippen LogP contribution in [0.3, 0.4) is 0 Å². The number of rotatable bonds is 2. The van der Waals surface area contributed by atoms with Crippen LogP contribution in [0, 0.1) is 6.92 Å². The number of para-hydroxylation sites is 1. The Balaban J connectivity index is 1.60. The molecule has 0 spiro atoms. The topological polar surface area (TPSA) is 55.2 Å². The van der Waals surface area contributed by atoms with Crippen molar-refractivity contribution in [2.24, 2.45) is 0 Å². The summed E-state index contributed by atoms with van der Waals surface area (Å²) in [6, 6.07) is 7.61. The van der Waals surface area contributed by atoms with Crippen LogP contribution in [0.5, 0.6) is 0 Å². The normalized spacial score (nSPS) is 14.0. The van der Waals surface area contributed by atoms with Crippen LogP contribution >= 0.6 is 11.3 Å². The molecule has 0 aliphatic carbocycles. The summed E-state index contributed by atoms with van der Waals surface area (Å²) in [4.78, 5) is 32.7. The highest BCUT2D eigenvalue weighted by molar-refractivity contribution is 7.10. The Bertz CT molecular complexity index is 989. The van der Waals surface area contributed by atoms with Gasteiger partial charge in [-0.2, -0.15) is 0 Å². The predicted molar refractivity (Wildman–Crippen MR) is 94.2 cm³/mol. The summed E-state index contributed by atoms with van der Waals surface area (Å²) in [6.07, 6.45) is 2.37. The van der Waals surface area contributed by atoms with E-state index in [0.717, 1.165) is 12.0 Å². The number of carbonyl (C=O) groups excluding carboxylic acids is 1. The van der Waals surface area contributed by atoms with Gasteiger partial charge in [-0.25, -0.2) is 4.98 Å². The molecule has 24 heavy (non-hydrogen) atoms. The van der Waals surface area contributed by atoms with E-state index < -0.39 is 0 Å². The summed E-state index contributed by atoms with van der Waals surface area (Å²) >= 11 is 1.75. The average Bonchev–Trinajstić information content (AvgIpc) is 3.05. The van der Waals surface area contributed by atoms with Crippen molar-refractivity contribution in [2.45, 2.75) is 26.4 Å². The Labute approximate surface area is 143 Å². The van der Waals surface area contributed by atoms with Gasteiger partial charge in [-0.3, -0.25) is 14.2 Å². The molecule has 4 rings (SSSR count). The highest BCUT2D eigenvalue weighted by atomic mass is 32.1. The minimum absolute atomic E-state index is 0.0369. The van der Waals surface area contributed by atoms with Crippen LogP contribution < -0.4 is 5.56 Å². The highest BCUT2D eigenvalue weighted by Gasteiger charge is 2.22. The lowest BCUT2D eigenvalue weighted by atomic mass is 10.1. The number of nitrogens with zero attached hydrogens (tertiary/aromatic N) is 3. The van der Waals surface area contributed by atoms with E-state index in [1.807, 2.05) is 24.0 Å². The molecule has 1 aromatic carbocycles. The molecule has 0 unspecified atom stereocenters. The predicted octanol–water partition coefficient (Wildman–Crippen LogP) is 2.35. The first kappa shape index (κ1) is 15.1. The first-order valence-corrected chi connectivity index (χ1v) is 8.79. The zero-order chi connectivity index (χ0) is 16.7. The number of thiophene rings is 1. The molecule has 0 radical (unpaired) electrons. The lowest BCUT2D eigenvalue weighted by molar-refractivity contribution is -0.132. The van der Waals surface area contributed by atoms with Crippen molar-refractivity contribution in [2.75, 3.05) is 6.54 Å². The number of benzene rings is 1. The van der Waals surface area contributed by atoms with Gasteiger partial charge >= 0.3 is 0 Å². The van der Waals surface area contributed by atoms with Crippen molar-refractivity contribution in [1.82, 2.24) is 14.5 Å². The van der Waals surface area contributed by atoms with Crippen LogP contribution in [0.4, 0.5) is 0 Å². The van der Waals surface area contributed by atoms with Gasteiger partial charge < -0.3 is 4.90 Å². The van der Waals surface area contributed by atoms with Gasteiger partial charge in [0.05, 0.1) is 17.2 Å². The molecular formula is C18H17N3O2S. The Morgan fingerprint density at radius 2 is 2.21 bits per heavy atom. The summed E-state index contributed by atoms with van der Waals surface area (Å²) in [5, 5.41) is 2.63. The number of amides is 1. The van der Waals surface area contributed by atoms with Crippen LogP contribution in [0.15, 0.2) is 40.8 Å². The molecule has 1 aliphatic rings. The second-order valence-electron chi connectivity index (χ2n) is 6.08. The van der Waals surface area contributed by atoms with E-state index in [2.05, 4.69) is 16.4 Å². The molecule has 0 saturated carbocycles. The maximum atomic E-state index is 12.6. The summed E-state index contributed by atoms with van der Waals surface area (Å²) in [5.74, 6) is -0.0391. The summed E-state index contributed by atoms with van der Waals surface area (Å²) < 4.78 is 1.41. The number of hydrogen-bond acceptors (Lipinski definition) is 4. The van der Waals surface area contributed by atoms with E-state index >= 15 is 0 Å². The van der Waals surface area contributed by atoms with Crippen molar-refractivity contribution in [3.05, 3.63) is 62.3 Å². The number of aryl methyl sites for hydroxylation is 1. The molecule has 1 aliphatic heterocycles. The van der Waals surface area contributed by atoms with Crippen molar-refractivity contribution in [3.63, 3.8) is 0 Å². The minimum Gasteiger partial charge on any atom is -0.336 e. The van der Waals surface area contributed by atoms with Gasteiger partial charge in [-0.1, -0.05) is 12.1 Å². The third kappa shape index (κ3) is 2.53. The molecule has 0 N–H and O–H groups in total. The Morgan fingerprint density at radius 3 is 3.08 bits per heavy atom. The molecule has 3 aromatic rings. The van der Waals surface area contributed by atoms with Crippen molar-refractivity contribution >= 4 is 28.1 Å². The van der Waals surface area contributed by atoms with Crippen molar-refractivity contribution in [1.29, 1.82) is 0 Å². The van der Waals surface area contributed by atoms with Crippen LogP contribution in [-0.2, 0) is 24.3 Å². The monoisotopic (exact) mass is 339 g/mol. The number of fused-ring (bicyclic) bond motifs is 2. The zero-order valence-electron chi connectivity index (χ0n) is 13.4. The van der Waals surface area contributed by atoms with E-state index in [1.54, 1.807) is 17.4 Å². The molecule has 0 fully saturated rings. The van der Waals surface area contributed by atoms with Gasteiger partial charge in [-0.15, -0.1) is 11.3 Å². The van der Waals surface area contributed by atoms with Crippen molar-refractivity contribution < 1.29 is 4.79 Å². The smallest absolute Gasteiger partial charge is 0.261 e. The first-order chi connectivity index (χ1) is 11.6. The van der Waals surface area contributed by atoms with Crippen LogP contribution in [0.25, 0.3) is 10.9 Å². The highest BCUT2D eigenvalue weighted by Crippen LogP contribution is 2.24. The second-order valence-corrected chi connectivity index (χ2v) is 7.08. The van der Waals surface area contributed by atoms with Gasteiger partial charge in [0.25, 0.3) is 5.56 Å². The van der Waals surface area contributed by atoms with E-state index in [1.165, 1.54) is 21.3 Å². The van der Waals surface area contributed by atoms with Crippen molar-refractivity contribution in [3.8, 4) is 0 Å². The third-order valence-corrected chi connectivity index (χ3v) is 5.54. The standard InChI is InChI=1S/C18H17N3O2S/c1-12-3-2-4-14-17(12)19-11-21(18(14)23)10-16(22)20-7-5-15-13(9-20)6-8-24-15/h2-4,6,8,11H,5,7,9-10H2,1H3. The number of aromatic nitrogens is 2. The molecular weight excluding hydrogens is 322 g/mol. The van der Waals surface area contributed by atoms with E-state index in [-0.39, 0.29) is 18.0 Å². The van der Waals surface area contributed by atoms with Gasteiger partial charge in [0, 0.05) is 18.0 Å². The van der Waals surface area contributed by atoms with Gasteiger partial charge in [0.2, 0.25) is 5.91 Å². The van der Waals surface area contributed by atoms with Crippen LogP contribution in [-0.4, -0.2) is 26.9 Å². The zero-order valence-corrected chi connectivity index (χ0v) is 14.2. The van der Waals surface area contributed by atoms with Gasteiger partial charge in [0.1, 0.15) is 6.54 Å². The number of hydrogen-bond donors (Lipinski definition) is 0. The fraction of sp³-hybridized carbons (Fsp3) is 0.278. The Hall–Kier alpha value is -2.47. The summed E-state index contributed by atoms with van der Waals surface area (Å²) in [7, 11) is 0. The maximum absolute atomic E-state index is 12.6.